The number of pyridine rings is 1. The van der Waals surface area contributed by atoms with E-state index in [4.69, 9.17) is 21.1 Å². The number of rotatable bonds is 13. The lowest BCUT2D eigenvalue weighted by Crippen LogP contribution is -2.65. The SMILES string of the molecule is CN1CC2(CC(COc3ccc(S(=O)(=O)NC(=O)c4ccc(N5CCN(CC6=C(C78CC(Cl)(C7)C8)CC(C)(C)CC6)CC5)cc4Oc4cnc5[nH]ccc5c4)cc3[N+](=O)[O-])C2)C1. The van der Waals surface area contributed by atoms with Crippen molar-refractivity contribution in [1.82, 2.24) is 24.5 Å². The predicted molar refractivity (Wildman–Crippen MR) is 237 cm³/mol. The minimum absolute atomic E-state index is 0.0125. The molecule has 2 saturated heterocycles. The molecule has 2 bridgehead atoms. The number of aromatic nitrogens is 2. The summed E-state index contributed by atoms with van der Waals surface area (Å²) in [5, 5.41) is 12.9. The van der Waals surface area contributed by atoms with Crippen LogP contribution in [-0.2, 0) is 10.0 Å². The highest BCUT2D eigenvalue weighted by Crippen LogP contribution is 2.75. The van der Waals surface area contributed by atoms with Crippen LogP contribution in [0.2, 0.25) is 0 Å². The zero-order chi connectivity index (χ0) is 43.2. The molecule has 6 fully saturated rings. The third kappa shape index (κ3) is 7.72. The number of amides is 1. The highest BCUT2D eigenvalue weighted by atomic mass is 35.5. The molecule has 2 aromatic heterocycles. The van der Waals surface area contributed by atoms with Crippen LogP contribution in [0.4, 0.5) is 11.4 Å². The smallest absolute Gasteiger partial charge is 0.312 e. The molecule has 4 aromatic rings. The Morgan fingerprint density at radius 3 is 2.50 bits per heavy atom. The zero-order valence-corrected chi connectivity index (χ0v) is 37.1. The van der Waals surface area contributed by atoms with E-state index in [0.29, 0.717) is 34.2 Å². The number of nitrogens with zero attached hydrogens (tertiary/aromatic N) is 5. The maximum Gasteiger partial charge on any atom is 0.312 e. The van der Waals surface area contributed by atoms with Crippen molar-refractivity contribution in [3.05, 3.63) is 87.7 Å². The van der Waals surface area contributed by atoms with Gasteiger partial charge in [0.1, 0.15) is 17.1 Å². The number of carbonyl (C=O) groups excluding carboxylic acids is 1. The van der Waals surface area contributed by atoms with E-state index < -0.39 is 31.4 Å². The van der Waals surface area contributed by atoms with Crippen molar-refractivity contribution >= 4 is 49.9 Å². The normalized spacial score (nSPS) is 25.7. The van der Waals surface area contributed by atoms with Gasteiger partial charge < -0.3 is 24.3 Å². The Morgan fingerprint density at radius 1 is 1.03 bits per heavy atom. The molecule has 11 rings (SSSR count). The van der Waals surface area contributed by atoms with Crippen LogP contribution in [0.25, 0.3) is 11.0 Å². The van der Waals surface area contributed by atoms with Gasteiger partial charge >= 0.3 is 5.69 Å². The van der Waals surface area contributed by atoms with E-state index in [1.165, 1.54) is 24.8 Å². The Labute approximate surface area is 367 Å². The number of nitro benzene ring substituents is 1. The van der Waals surface area contributed by atoms with E-state index in [0.717, 1.165) is 108 Å². The van der Waals surface area contributed by atoms with Gasteiger partial charge in [0, 0.05) is 80.1 Å². The lowest BCUT2D eigenvalue weighted by molar-refractivity contribution is -0.386. The molecule has 0 radical (unpaired) electrons. The molecule has 4 saturated carbocycles. The number of halogens is 1. The molecule has 0 atom stereocenters. The first-order chi connectivity index (χ1) is 29.5. The lowest BCUT2D eigenvalue weighted by atomic mass is 9.39. The van der Waals surface area contributed by atoms with Crippen LogP contribution in [-0.4, -0.2) is 103 Å². The van der Waals surface area contributed by atoms with E-state index in [1.54, 1.807) is 41.6 Å². The fraction of sp³-hybridized carbons (Fsp3) is 0.522. The van der Waals surface area contributed by atoms with Crippen LogP contribution in [0.3, 0.4) is 0 Å². The summed E-state index contributed by atoms with van der Waals surface area (Å²) in [6, 6.07) is 12.2. The summed E-state index contributed by atoms with van der Waals surface area (Å²) >= 11 is 6.75. The van der Waals surface area contributed by atoms with E-state index in [9.17, 15) is 23.3 Å². The van der Waals surface area contributed by atoms with Gasteiger partial charge in [-0.2, -0.15) is 0 Å². The van der Waals surface area contributed by atoms with Crippen LogP contribution < -0.4 is 19.1 Å². The first-order valence-electron chi connectivity index (χ1n) is 21.8. The Bertz CT molecular complexity index is 2590. The Hall–Kier alpha value is -4.70. The molecule has 1 spiro atoms. The van der Waals surface area contributed by atoms with Gasteiger partial charge in [0.25, 0.3) is 15.9 Å². The van der Waals surface area contributed by atoms with Crippen molar-refractivity contribution in [1.29, 1.82) is 0 Å². The van der Waals surface area contributed by atoms with E-state index in [-0.39, 0.29) is 27.9 Å². The number of hydrogen-bond donors (Lipinski definition) is 2. The number of likely N-dealkylation sites (tertiary alicyclic amines) is 1. The van der Waals surface area contributed by atoms with Crippen LogP contribution in [0.15, 0.2) is 77.0 Å². The fourth-order valence-corrected chi connectivity index (χ4v) is 13.3. The number of ether oxygens (including phenoxy) is 2. The minimum Gasteiger partial charge on any atom is -0.487 e. The average molecular weight is 884 g/mol. The molecular weight excluding hydrogens is 830 g/mol. The van der Waals surface area contributed by atoms with Crippen molar-refractivity contribution in [3.8, 4) is 17.2 Å². The second kappa shape index (κ2) is 15.0. The van der Waals surface area contributed by atoms with Crippen molar-refractivity contribution in [2.75, 3.05) is 64.4 Å². The zero-order valence-electron chi connectivity index (χ0n) is 35.5. The maximum atomic E-state index is 13.9. The number of alkyl halides is 1. The third-order valence-corrected chi connectivity index (χ3v) is 16.3. The molecule has 14 nitrogen and oxygen atoms in total. The molecule has 7 aliphatic rings. The number of hydrogen-bond acceptors (Lipinski definition) is 11. The Morgan fingerprint density at radius 2 is 1.79 bits per heavy atom. The van der Waals surface area contributed by atoms with Gasteiger partial charge in [-0.05, 0) is 117 Å². The average Bonchev–Trinajstić information content (AvgIpc) is 3.65. The number of aromatic amines is 1. The highest BCUT2D eigenvalue weighted by molar-refractivity contribution is 7.90. The fourth-order valence-electron chi connectivity index (χ4n) is 11.6. The molecule has 1 amide bonds. The molecular formula is C46H54ClN7O7S. The van der Waals surface area contributed by atoms with E-state index in [2.05, 4.69) is 50.3 Å². The predicted octanol–water partition coefficient (Wildman–Crippen LogP) is 7.89. The topological polar surface area (TPSA) is 163 Å². The van der Waals surface area contributed by atoms with Gasteiger partial charge in [0.2, 0.25) is 0 Å². The largest absolute Gasteiger partial charge is 0.487 e. The number of allylic oxidation sites excluding steroid dienone is 1. The number of nitrogens with one attached hydrogen (secondary N) is 2. The lowest BCUT2D eigenvalue weighted by Gasteiger charge is -2.70. The van der Waals surface area contributed by atoms with Gasteiger partial charge in [0.05, 0.1) is 28.2 Å². The van der Waals surface area contributed by atoms with Crippen molar-refractivity contribution in [3.63, 3.8) is 0 Å². The Balaban J connectivity index is 0.846. The number of nitro groups is 1. The molecule has 4 heterocycles. The first-order valence-corrected chi connectivity index (χ1v) is 23.6. The van der Waals surface area contributed by atoms with E-state index >= 15 is 0 Å². The molecule has 328 valence electrons. The summed E-state index contributed by atoms with van der Waals surface area (Å²) in [4.78, 5) is 39.6. The molecule has 16 heteroatoms. The van der Waals surface area contributed by atoms with Crippen LogP contribution in [0.5, 0.6) is 17.2 Å². The number of H-pyrrole nitrogens is 1. The minimum atomic E-state index is -4.56. The van der Waals surface area contributed by atoms with Crippen LogP contribution >= 0.6 is 11.6 Å². The van der Waals surface area contributed by atoms with Gasteiger partial charge in [-0.25, -0.2) is 18.1 Å². The quantitative estimate of drug-likeness (QED) is 0.0581. The second-order valence-electron chi connectivity index (χ2n) is 20.1. The number of sulfonamides is 1. The monoisotopic (exact) mass is 883 g/mol. The van der Waals surface area contributed by atoms with E-state index in [1.807, 2.05) is 6.07 Å². The molecule has 5 aliphatic carbocycles. The number of benzene rings is 2. The Kier molecular flexibility index (Phi) is 9.97. The first kappa shape index (κ1) is 41.3. The third-order valence-electron chi connectivity index (χ3n) is 14.5. The number of carbonyl (C=O) groups is 1. The maximum absolute atomic E-state index is 13.9. The molecule has 62 heavy (non-hydrogen) atoms. The van der Waals surface area contributed by atoms with Crippen molar-refractivity contribution < 1.29 is 27.6 Å². The summed E-state index contributed by atoms with van der Waals surface area (Å²) in [5.74, 6) is -0.166. The number of anilines is 1. The van der Waals surface area contributed by atoms with Crippen LogP contribution in [0.1, 0.15) is 75.6 Å². The summed E-state index contributed by atoms with van der Waals surface area (Å²) in [6.45, 7) is 11.4. The summed E-state index contributed by atoms with van der Waals surface area (Å²) in [7, 11) is -2.48. The second-order valence-corrected chi connectivity index (χ2v) is 22.6. The van der Waals surface area contributed by atoms with Crippen molar-refractivity contribution in [2.45, 2.75) is 75.0 Å². The standard InChI is InChI=1S/C46H54ClN7O7S/c1-43(2)10-8-32(37(21-43)45-25-46(47,26-45)27-45)23-52-12-14-53(15-13-52)33-4-6-36(40(17-33)61-34-16-31-9-11-48-41(31)49-22-34)42(55)50-62(58,59)35-5-7-39(38(18-35)54(56)57)60-24-30-19-44(20-30)28-51(3)29-44/h4-7,9,11,16-18,22,30H,8,10,12-15,19-21,23-29H2,1-3H3,(H,48,49)(H,50,55). The van der Waals surface area contributed by atoms with Gasteiger partial charge in [-0.3, -0.25) is 19.8 Å². The summed E-state index contributed by atoms with van der Waals surface area (Å²) in [5.41, 5.74) is 5.26. The summed E-state index contributed by atoms with van der Waals surface area (Å²) < 4.78 is 41.7. The van der Waals surface area contributed by atoms with Crippen molar-refractivity contribution in [2.24, 2.45) is 22.2 Å². The molecule has 2 aliphatic heterocycles. The van der Waals surface area contributed by atoms with Crippen LogP contribution in [0, 0.1) is 32.3 Å². The molecule has 0 unspecified atom stereocenters. The summed E-state index contributed by atoms with van der Waals surface area (Å²) in [6.07, 6.45) is 12.2. The highest BCUT2D eigenvalue weighted by Gasteiger charge is 2.69. The number of fused-ring (bicyclic) bond motifs is 1. The molecule has 2 aromatic carbocycles. The van der Waals surface area contributed by atoms with Gasteiger partial charge in [-0.15, -0.1) is 11.6 Å². The molecule has 2 N–H and O–H groups in total. The van der Waals surface area contributed by atoms with Gasteiger partial charge in [-0.1, -0.05) is 25.0 Å². The van der Waals surface area contributed by atoms with Gasteiger partial charge in [0.15, 0.2) is 5.75 Å². The number of piperazine rings is 1.